The first-order valence-corrected chi connectivity index (χ1v) is 8.25. The zero-order chi connectivity index (χ0) is 16.4. The molecule has 118 valence electrons. The van der Waals surface area contributed by atoms with Gasteiger partial charge in [-0.2, -0.15) is 0 Å². The number of nitrogens with zero attached hydrogens (tertiary/aromatic N) is 2. The number of amides is 1. The Morgan fingerprint density at radius 2 is 1.88 bits per heavy atom. The van der Waals surface area contributed by atoms with E-state index in [1.807, 2.05) is 48.5 Å². The molecule has 0 radical (unpaired) electrons. The molecule has 2 heterocycles. The Balaban J connectivity index is 1.40. The second-order valence-corrected chi connectivity index (χ2v) is 6.26. The minimum absolute atomic E-state index is 0.212. The summed E-state index contributed by atoms with van der Waals surface area (Å²) in [6.07, 6.45) is 2.98. The quantitative estimate of drug-likeness (QED) is 0.577. The summed E-state index contributed by atoms with van der Waals surface area (Å²) in [5, 5.41) is 3.69. The minimum atomic E-state index is -0.212. The summed E-state index contributed by atoms with van der Waals surface area (Å²) in [6.45, 7) is 0.399. The fraction of sp³-hybridized carbons (Fsp3) is 0.0556. The van der Waals surface area contributed by atoms with E-state index in [-0.39, 0.29) is 5.91 Å². The molecule has 24 heavy (non-hydrogen) atoms. The number of thiazole rings is 1. The molecule has 0 saturated heterocycles. The van der Waals surface area contributed by atoms with Crippen molar-refractivity contribution in [3.63, 3.8) is 0 Å². The van der Waals surface area contributed by atoms with Crippen molar-refractivity contribution in [2.45, 2.75) is 6.54 Å². The van der Waals surface area contributed by atoms with Crippen LogP contribution in [-0.4, -0.2) is 15.9 Å². The van der Waals surface area contributed by atoms with Crippen molar-refractivity contribution in [1.82, 2.24) is 15.3 Å². The van der Waals surface area contributed by atoms with Gasteiger partial charge in [-0.3, -0.25) is 4.79 Å². The van der Waals surface area contributed by atoms with Gasteiger partial charge in [-0.15, -0.1) is 11.3 Å². The van der Waals surface area contributed by atoms with Crippen molar-refractivity contribution in [2.75, 3.05) is 0 Å². The average molecular weight is 335 g/mol. The number of rotatable bonds is 4. The third-order valence-electron chi connectivity index (χ3n) is 3.44. The van der Waals surface area contributed by atoms with Crippen molar-refractivity contribution in [2.24, 2.45) is 0 Å². The SMILES string of the molecule is O=C(C=Cc1nc2ccccc2o1)NCc1nc2ccccc2s1. The first-order chi connectivity index (χ1) is 11.8. The third-order valence-corrected chi connectivity index (χ3v) is 4.48. The highest BCUT2D eigenvalue weighted by atomic mass is 32.1. The van der Waals surface area contributed by atoms with E-state index in [9.17, 15) is 4.79 Å². The molecule has 0 aliphatic rings. The molecule has 1 amide bonds. The predicted molar refractivity (Wildman–Crippen MR) is 94.5 cm³/mol. The van der Waals surface area contributed by atoms with Crippen LogP contribution in [0.5, 0.6) is 0 Å². The molecule has 2 aromatic heterocycles. The summed E-state index contributed by atoms with van der Waals surface area (Å²) in [4.78, 5) is 20.7. The van der Waals surface area contributed by atoms with Crippen LogP contribution in [0.4, 0.5) is 0 Å². The Morgan fingerprint density at radius 3 is 2.71 bits per heavy atom. The van der Waals surface area contributed by atoms with Crippen LogP contribution in [-0.2, 0) is 11.3 Å². The zero-order valence-corrected chi connectivity index (χ0v) is 13.4. The standard InChI is InChI=1S/C18H13N3O2S/c22-16(9-10-17-20-12-5-1-3-7-14(12)23-17)19-11-18-21-13-6-2-4-8-15(13)24-18/h1-10H,11H2,(H,19,22). The summed E-state index contributed by atoms with van der Waals surface area (Å²) in [5.74, 6) is 0.197. The molecule has 0 unspecified atom stereocenters. The Hall–Kier alpha value is -2.99. The average Bonchev–Trinajstić information content (AvgIpc) is 3.21. The highest BCUT2D eigenvalue weighted by molar-refractivity contribution is 7.18. The molecular formula is C18H13N3O2S. The van der Waals surface area contributed by atoms with Gasteiger partial charge in [0, 0.05) is 12.2 Å². The molecular weight excluding hydrogens is 322 g/mol. The lowest BCUT2D eigenvalue weighted by Gasteiger charge is -1.97. The summed E-state index contributed by atoms with van der Waals surface area (Å²) in [6, 6.07) is 15.4. The maximum absolute atomic E-state index is 11.9. The number of fused-ring (bicyclic) bond motifs is 2. The Bertz CT molecular complexity index is 982. The minimum Gasteiger partial charge on any atom is -0.437 e. The van der Waals surface area contributed by atoms with E-state index in [0.717, 1.165) is 20.7 Å². The van der Waals surface area contributed by atoms with Crippen LogP contribution in [0.2, 0.25) is 0 Å². The first kappa shape index (κ1) is 14.6. The number of carbonyl (C=O) groups is 1. The highest BCUT2D eigenvalue weighted by Gasteiger charge is 2.05. The molecule has 2 aromatic carbocycles. The van der Waals surface area contributed by atoms with Gasteiger partial charge < -0.3 is 9.73 Å². The summed E-state index contributed by atoms with van der Waals surface area (Å²) >= 11 is 1.58. The first-order valence-electron chi connectivity index (χ1n) is 7.44. The van der Waals surface area contributed by atoms with Gasteiger partial charge in [-0.05, 0) is 24.3 Å². The van der Waals surface area contributed by atoms with Crippen LogP contribution in [0.3, 0.4) is 0 Å². The molecule has 0 bridgehead atoms. The molecule has 0 fully saturated rings. The topological polar surface area (TPSA) is 68.0 Å². The number of benzene rings is 2. The Morgan fingerprint density at radius 1 is 1.08 bits per heavy atom. The fourth-order valence-corrected chi connectivity index (χ4v) is 3.23. The van der Waals surface area contributed by atoms with Crippen LogP contribution in [0.15, 0.2) is 59.0 Å². The molecule has 5 nitrogen and oxygen atoms in total. The highest BCUT2D eigenvalue weighted by Crippen LogP contribution is 2.21. The second kappa shape index (κ2) is 6.25. The van der Waals surface area contributed by atoms with Gasteiger partial charge in [0.25, 0.3) is 0 Å². The van der Waals surface area contributed by atoms with Gasteiger partial charge in [0.05, 0.1) is 16.8 Å². The van der Waals surface area contributed by atoms with Crippen molar-refractivity contribution in [1.29, 1.82) is 0 Å². The molecule has 0 saturated carbocycles. The van der Waals surface area contributed by atoms with E-state index in [1.54, 1.807) is 17.4 Å². The lowest BCUT2D eigenvalue weighted by atomic mass is 10.3. The van der Waals surface area contributed by atoms with Crippen molar-refractivity contribution < 1.29 is 9.21 Å². The lowest BCUT2D eigenvalue weighted by Crippen LogP contribution is -2.20. The number of oxazole rings is 1. The van der Waals surface area contributed by atoms with Gasteiger partial charge in [0.2, 0.25) is 11.8 Å². The maximum Gasteiger partial charge on any atom is 0.244 e. The van der Waals surface area contributed by atoms with E-state index < -0.39 is 0 Å². The fourth-order valence-electron chi connectivity index (χ4n) is 2.33. The van der Waals surface area contributed by atoms with Crippen molar-refractivity contribution in [3.8, 4) is 0 Å². The van der Waals surface area contributed by atoms with Crippen LogP contribution >= 0.6 is 11.3 Å². The Kier molecular flexibility index (Phi) is 3.80. The monoisotopic (exact) mass is 335 g/mol. The molecule has 0 atom stereocenters. The molecule has 0 aliphatic carbocycles. The number of nitrogens with one attached hydrogen (secondary N) is 1. The number of carbonyl (C=O) groups excluding carboxylic acids is 1. The predicted octanol–water partition coefficient (Wildman–Crippen LogP) is 3.77. The van der Waals surface area contributed by atoms with Crippen molar-refractivity contribution in [3.05, 3.63) is 65.5 Å². The van der Waals surface area contributed by atoms with E-state index in [4.69, 9.17) is 4.42 Å². The van der Waals surface area contributed by atoms with Crippen LogP contribution in [0.1, 0.15) is 10.9 Å². The Labute approximate surface area is 141 Å². The van der Waals surface area contributed by atoms with Gasteiger partial charge >= 0.3 is 0 Å². The van der Waals surface area contributed by atoms with Crippen LogP contribution < -0.4 is 5.32 Å². The smallest absolute Gasteiger partial charge is 0.244 e. The normalized spacial score (nSPS) is 11.5. The van der Waals surface area contributed by atoms with E-state index in [2.05, 4.69) is 15.3 Å². The molecule has 4 rings (SSSR count). The summed E-state index contributed by atoms with van der Waals surface area (Å²) in [7, 11) is 0. The number of para-hydroxylation sites is 3. The summed E-state index contributed by atoms with van der Waals surface area (Å²) < 4.78 is 6.65. The van der Waals surface area contributed by atoms with Gasteiger partial charge in [0.15, 0.2) is 5.58 Å². The van der Waals surface area contributed by atoms with Crippen molar-refractivity contribution >= 4 is 44.6 Å². The van der Waals surface area contributed by atoms with Gasteiger partial charge in [0.1, 0.15) is 10.5 Å². The van der Waals surface area contributed by atoms with E-state index >= 15 is 0 Å². The van der Waals surface area contributed by atoms with Gasteiger partial charge in [-0.1, -0.05) is 24.3 Å². The number of hydrogen-bond acceptors (Lipinski definition) is 5. The van der Waals surface area contributed by atoms with Crippen LogP contribution in [0.25, 0.3) is 27.4 Å². The van der Waals surface area contributed by atoms with Gasteiger partial charge in [-0.25, -0.2) is 9.97 Å². The van der Waals surface area contributed by atoms with Crippen LogP contribution in [0, 0.1) is 0 Å². The molecule has 4 aromatic rings. The number of hydrogen-bond donors (Lipinski definition) is 1. The van der Waals surface area contributed by atoms with E-state index in [1.165, 1.54) is 6.08 Å². The lowest BCUT2D eigenvalue weighted by molar-refractivity contribution is -0.116. The third kappa shape index (κ3) is 3.04. The molecule has 0 aliphatic heterocycles. The molecule has 6 heteroatoms. The zero-order valence-electron chi connectivity index (χ0n) is 12.6. The molecule has 1 N–H and O–H groups in total. The largest absolute Gasteiger partial charge is 0.437 e. The summed E-state index contributed by atoms with van der Waals surface area (Å²) in [5.41, 5.74) is 2.42. The van der Waals surface area contributed by atoms with E-state index in [0.29, 0.717) is 18.0 Å². The molecule has 0 spiro atoms. The second-order valence-electron chi connectivity index (χ2n) is 5.15. The maximum atomic E-state index is 11.9. The number of aromatic nitrogens is 2.